The van der Waals surface area contributed by atoms with Gasteiger partial charge in [-0.25, -0.2) is 9.67 Å². The van der Waals surface area contributed by atoms with E-state index >= 15 is 0 Å². The number of aromatic nitrogens is 4. The van der Waals surface area contributed by atoms with Gasteiger partial charge in [-0.05, 0) is 43.4 Å². The molecule has 1 fully saturated rings. The van der Waals surface area contributed by atoms with Crippen molar-refractivity contribution >= 4 is 11.5 Å². The Hall–Kier alpha value is -3.00. The molecule has 0 amide bonds. The average molecular weight is 406 g/mol. The van der Waals surface area contributed by atoms with Gasteiger partial charge in [0.25, 0.3) is 11.1 Å². The van der Waals surface area contributed by atoms with E-state index in [0.29, 0.717) is 12.2 Å². The topological polar surface area (TPSA) is 75.7 Å². The van der Waals surface area contributed by atoms with Crippen LogP contribution in [0, 0.1) is 0 Å². The van der Waals surface area contributed by atoms with Crippen molar-refractivity contribution in [3.8, 4) is 0 Å². The van der Waals surface area contributed by atoms with Gasteiger partial charge in [-0.1, -0.05) is 6.07 Å². The van der Waals surface area contributed by atoms with Gasteiger partial charge in [0.2, 0.25) is 0 Å². The molecule has 0 bridgehead atoms. The third-order valence-electron chi connectivity index (χ3n) is 6.16. The first-order valence-corrected chi connectivity index (χ1v) is 10.7. The summed E-state index contributed by atoms with van der Waals surface area (Å²) in [6.07, 6.45) is 6.01. The van der Waals surface area contributed by atoms with Crippen molar-refractivity contribution in [3.05, 3.63) is 68.5 Å². The van der Waals surface area contributed by atoms with E-state index in [1.165, 1.54) is 0 Å². The molecule has 30 heavy (non-hydrogen) atoms. The molecule has 0 N–H and O–H groups in total. The van der Waals surface area contributed by atoms with Crippen molar-refractivity contribution in [3.63, 3.8) is 0 Å². The number of aryl methyl sites for hydroxylation is 2. The first-order chi connectivity index (χ1) is 14.7. The lowest BCUT2D eigenvalue weighted by molar-refractivity contribution is 0.241. The molecule has 3 aromatic heterocycles. The molecule has 1 saturated heterocycles. The Kier molecular flexibility index (Phi) is 5.08. The van der Waals surface area contributed by atoms with Crippen molar-refractivity contribution in [2.45, 2.75) is 32.2 Å². The first kappa shape index (κ1) is 19.0. The van der Waals surface area contributed by atoms with Gasteiger partial charge in [0.15, 0.2) is 0 Å². The smallest absolute Gasteiger partial charge is 0.267 e. The van der Waals surface area contributed by atoms with Gasteiger partial charge in [-0.2, -0.15) is 5.10 Å². The second kappa shape index (κ2) is 8.02. The molecule has 8 nitrogen and oxygen atoms in total. The summed E-state index contributed by atoms with van der Waals surface area (Å²) in [7, 11) is 0. The van der Waals surface area contributed by atoms with Crippen LogP contribution in [0.15, 0.2) is 46.1 Å². The number of hydrogen-bond donors (Lipinski definition) is 0. The summed E-state index contributed by atoms with van der Waals surface area (Å²) in [5.74, 6) is 0.735. The third kappa shape index (κ3) is 3.75. The van der Waals surface area contributed by atoms with Gasteiger partial charge in [0.05, 0.1) is 12.2 Å². The van der Waals surface area contributed by atoms with Crippen LogP contribution in [0.25, 0.3) is 5.65 Å². The zero-order valence-electron chi connectivity index (χ0n) is 17.0. The van der Waals surface area contributed by atoms with Gasteiger partial charge in [0, 0.05) is 51.1 Å². The lowest BCUT2D eigenvalue weighted by Gasteiger charge is -2.35. The predicted octanol–water partition coefficient (Wildman–Crippen LogP) is 0.952. The SMILES string of the molecule is O=c1cc2c(nn1CCN1CCN(c3cc(=O)n4ccccc4n3)CC1)CCCC2. The fourth-order valence-electron chi connectivity index (χ4n) is 4.40. The second-order valence-corrected chi connectivity index (χ2v) is 8.09. The molecule has 1 aliphatic heterocycles. The minimum Gasteiger partial charge on any atom is -0.354 e. The fourth-order valence-corrected chi connectivity index (χ4v) is 4.40. The number of pyridine rings is 1. The van der Waals surface area contributed by atoms with Crippen molar-refractivity contribution in [2.24, 2.45) is 0 Å². The molecule has 2 aliphatic rings. The summed E-state index contributed by atoms with van der Waals surface area (Å²) in [6.45, 7) is 4.77. The van der Waals surface area contributed by atoms with Crippen molar-refractivity contribution < 1.29 is 0 Å². The van der Waals surface area contributed by atoms with Gasteiger partial charge in [-0.15, -0.1) is 0 Å². The Balaban J connectivity index is 1.22. The summed E-state index contributed by atoms with van der Waals surface area (Å²) in [4.78, 5) is 33.9. The predicted molar refractivity (Wildman–Crippen MR) is 115 cm³/mol. The van der Waals surface area contributed by atoms with Crippen molar-refractivity contribution in [1.29, 1.82) is 0 Å². The molecule has 0 aromatic carbocycles. The van der Waals surface area contributed by atoms with Crippen molar-refractivity contribution in [2.75, 3.05) is 37.6 Å². The van der Waals surface area contributed by atoms with Crippen LogP contribution in [0.5, 0.6) is 0 Å². The van der Waals surface area contributed by atoms with Gasteiger partial charge >= 0.3 is 0 Å². The minimum absolute atomic E-state index is 0.00937. The van der Waals surface area contributed by atoms with Crippen LogP contribution in [-0.2, 0) is 19.4 Å². The van der Waals surface area contributed by atoms with Crippen LogP contribution >= 0.6 is 0 Å². The number of anilines is 1. The normalized spacial score (nSPS) is 17.3. The molecular weight excluding hydrogens is 380 g/mol. The molecule has 5 rings (SSSR count). The largest absolute Gasteiger partial charge is 0.354 e. The Bertz CT molecular complexity index is 1180. The van der Waals surface area contributed by atoms with E-state index < -0.39 is 0 Å². The molecule has 0 atom stereocenters. The maximum Gasteiger partial charge on any atom is 0.267 e. The standard InChI is InChI=1S/C22H26N6O2/c29-21-16-20(23-19-7-3-4-8-27(19)21)26-12-9-25(10-13-26)11-14-28-22(30)15-17-5-1-2-6-18(17)24-28/h3-4,7-8,15-16H,1-2,5-6,9-14H2. The van der Waals surface area contributed by atoms with E-state index in [1.54, 1.807) is 27.4 Å². The third-order valence-corrected chi connectivity index (χ3v) is 6.16. The minimum atomic E-state index is -0.0594. The Morgan fingerprint density at radius 2 is 1.73 bits per heavy atom. The number of fused-ring (bicyclic) bond motifs is 2. The second-order valence-electron chi connectivity index (χ2n) is 8.09. The number of piperazine rings is 1. The molecule has 156 valence electrons. The van der Waals surface area contributed by atoms with Crippen molar-refractivity contribution in [1.82, 2.24) is 24.1 Å². The molecule has 1 aliphatic carbocycles. The molecule has 3 aromatic rings. The zero-order valence-corrected chi connectivity index (χ0v) is 17.0. The monoisotopic (exact) mass is 406 g/mol. The zero-order chi connectivity index (χ0) is 20.5. The lowest BCUT2D eigenvalue weighted by atomic mass is 9.97. The average Bonchev–Trinajstić information content (AvgIpc) is 2.78. The molecule has 0 unspecified atom stereocenters. The molecule has 0 radical (unpaired) electrons. The van der Waals surface area contributed by atoms with Crippen LogP contribution in [0.1, 0.15) is 24.1 Å². The van der Waals surface area contributed by atoms with E-state index in [9.17, 15) is 9.59 Å². The van der Waals surface area contributed by atoms with E-state index in [1.807, 2.05) is 18.2 Å². The molecule has 0 spiro atoms. The summed E-state index contributed by atoms with van der Waals surface area (Å²) in [6, 6.07) is 8.96. The number of hydrogen-bond acceptors (Lipinski definition) is 6. The van der Waals surface area contributed by atoms with Gasteiger partial charge in [-0.3, -0.25) is 18.9 Å². The molecule has 8 heteroatoms. The highest BCUT2D eigenvalue weighted by atomic mass is 16.1. The van der Waals surface area contributed by atoms with E-state index in [2.05, 4.69) is 19.9 Å². The maximum absolute atomic E-state index is 12.4. The van der Waals surface area contributed by atoms with Crippen LogP contribution in [0.2, 0.25) is 0 Å². The number of rotatable bonds is 4. The first-order valence-electron chi connectivity index (χ1n) is 10.7. The van der Waals surface area contributed by atoms with Gasteiger partial charge < -0.3 is 4.90 Å². The summed E-state index contributed by atoms with van der Waals surface area (Å²) in [5.41, 5.74) is 2.85. The molecule has 0 saturated carbocycles. The number of nitrogens with zero attached hydrogens (tertiary/aromatic N) is 6. The highest BCUT2D eigenvalue weighted by molar-refractivity contribution is 5.48. The Morgan fingerprint density at radius 1 is 0.900 bits per heavy atom. The highest BCUT2D eigenvalue weighted by Crippen LogP contribution is 2.17. The summed E-state index contributed by atoms with van der Waals surface area (Å²) >= 11 is 0. The van der Waals surface area contributed by atoms with E-state index in [0.717, 1.165) is 75.5 Å². The maximum atomic E-state index is 12.4. The van der Waals surface area contributed by atoms with Crippen LogP contribution < -0.4 is 16.0 Å². The van der Waals surface area contributed by atoms with E-state index in [4.69, 9.17) is 0 Å². The fraction of sp³-hybridized carbons (Fsp3) is 0.455. The molecule has 4 heterocycles. The summed E-state index contributed by atoms with van der Waals surface area (Å²) in [5, 5.41) is 4.62. The van der Waals surface area contributed by atoms with Gasteiger partial charge in [0.1, 0.15) is 11.5 Å². The Labute approximate surface area is 174 Å². The quantitative estimate of drug-likeness (QED) is 0.642. The Morgan fingerprint density at radius 3 is 2.60 bits per heavy atom. The summed E-state index contributed by atoms with van der Waals surface area (Å²) < 4.78 is 3.19. The lowest BCUT2D eigenvalue weighted by Crippen LogP contribution is -2.48. The van der Waals surface area contributed by atoms with Crippen LogP contribution in [-0.4, -0.2) is 56.8 Å². The van der Waals surface area contributed by atoms with Crippen LogP contribution in [0.3, 0.4) is 0 Å². The highest BCUT2D eigenvalue weighted by Gasteiger charge is 2.20. The van der Waals surface area contributed by atoms with E-state index in [-0.39, 0.29) is 11.1 Å². The molecular formula is C22H26N6O2. The van der Waals surface area contributed by atoms with Crippen LogP contribution in [0.4, 0.5) is 5.82 Å².